The molecule has 0 atom stereocenters. The predicted molar refractivity (Wildman–Crippen MR) is 115 cm³/mol. The van der Waals surface area contributed by atoms with Crippen LogP contribution < -0.4 is 24.3 Å². The predicted octanol–water partition coefficient (Wildman–Crippen LogP) is 5.52. The summed E-state index contributed by atoms with van der Waals surface area (Å²) >= 11 is 3.39. The zero-order valence-electron chi connectivity index (χ0n) is 16.2. The summed E-state index contributed by atoms with van der Waals surface area (Å²) in [6, 6.07) is 17.8. The van der Waals surface area contributed by atoms with E-state index in [2.05, 4.69) is 21.2 Å². The molecule has 0 aliphatic carbocycles. The molecule has 1 amide bonds. The van der Waals surface area contributed by atoms with E-state index in [9.17, 15) is 4.79 Å². The van der Waals surface area contributed by atoms with E-state index >= 15 is 0 Å². The molecule has 0 aromatic heterocycles. The van der Waals surface area contributed by atoms with Crippen LogP contribution in [0.4, 0.5) is 5.69 Å². The normalized spacial score (nSPS) is 10.2. The molecule has 150 valence electrons. The third kappa shape index (κ3) is 4.81. The second kappa shape index (κ2) is 9.34. The Labute approximate surface area is 177 Å². The average Bonchev–Trinajstić information content (AvgIpc) is 2.74. The number of carbonyl (C=O) groups excluding carboxylic acids is 1. The van der Waals surface area contributed by atoms with Crippen molar-refractivity contribution in [2.75, 3.05) is 26.6 Å². The number of rotatable bonds is 7. The summed E-state index contributed by atoms with van der Waals surface area (Å²) in [5.41, 5.74) is 1.07. The number of ether oxygens (including phenoxy) is 4. The number of benzene rings is 3. The van der Waals surface area contributed by atoms with Gasteiger partial charge in [0.05, 0.1) is 25.8 Å². The summed E-state index contributed by atoms with van der Waals surface area (Å²) in [5, 5.41) is 2.85. The van der Waals surface area contributed by atoms with Crippen molar-refractivity contribution < 1.29 is 23.7 Å². The lowest BCUT2D eigenvalue weighted by Gasteiger charge is -2.13. The molecule has 1 N–H and O–H groups in total. The first-order chi connectivity index (χ1) is 14.0. The second-order valence-electron chi connectivity index (χ2n) is 5.93. The van der Waals surface area contributed by atoms with Crippen molar-refractivity contribution in [3.63, 3.8) is 0 Å². The topological polar surface area (TPSA) is 66.0 Å². The molecule has 3 aromatic rings. The summed E-state index contributed by atoms with van der Waals surface area (Å²) in [5.74, 6) is 2.60. The van der Waals surface area contributed by atoms with Crippen molar-refractivity contribution in [2.45, 2.75) is 0 Å². The molecule has 6 nitrogen and oxygen atoms in total. The van der Waals surface area contributed by atoms with Crippen LogP contribution >= 0.6 is 15.9 Å². The highest BCUT2D eigenvalue weighted by atomic mass is 79.9. The number of methoxy groups -OCH3 is 3. The minimum absolute atomic E-state index is 0.273. The summed E-state index contributed by atoms with van der Waals surface area (Å²) < 4.78 is 22.3. The third-order valence-electron chi connectivity index (χ3n) is 4.10. The van der Waals surface area contributed by atoms with Crippen LogP contribution in [-0.2, 0) is 0 Å². The maximum Gasteiger partial charge on any atom is 0.255 e. The van der Waals surface area contributed by atoms with Gasteiger partial charge in [0.1, 0.15) is 5.75 Å². The molecule has 0 aliphatic rings. The quantitative estimate of drug-likeness (QED) is 0.505. The van der Waals surface area contributed by atoms with Crippen molar-refractivity contribution in [2.24, 2.45) is 0 Å². The Kier molecular flexibility index (Phi) is 6.61. The molecule has 3 rings (SSSR count). The van der Waals surface area contributed by atoms with E-state index in [-0.39, 0.29) is 5.91 Å². The van der Waals surface area contributed by atoms with E-state index in [1.54, 1.807) is 43.5 Å². The molecule has 0 saturated heterocycles. The number of hydrogen-bond donors (Lipinski definition) is 1. The maximum atomic E-state index is 12.6. The van der Waals surface area contributed by atoms with Crippen molar-refractivity contribution in [1.29, 1.82) is 0 Å². The van der Waals surface area contributed by atoms with Crippen LogP contribution in [0.25, 0.3) is 0 Å². The highest BCUT2D eigenvalue weighted by Gasteiger charge is 2.15. The maximum absolute atomic E-state index is 12.6. The van der Waals surface area contributed by atoms with Crippen LogP contribution in [0.5, 0.6) is 28.7 Å². The van der Waals surface area contributed by atoms with Gasteiger partial charge in [-0.05, 0) is 64.5 Å². The SMILES string of the molecule is COc1ccccc1Oc1ccc(NC(=O)c2cc(Br)c(OC)c(OC)c2)cc1. The van der Waals surface area contributed by atoms with Gasteiger partial charge in [-0.1, -0.05) is 12.1 Å². The third-order valence-corrected chi connectivity index (χ3v) is 4.69. The number of nitrogens with one attached hydrogen (secondary N) is 1. The minimum Gasteiger partial charge on any atom is -0.493 e. The Bertz CT molecular complexity index is 1000. The fourth-order valence-electron chi connectivity index (χ4n) is 2.69. The number of hydrogen-bond acceptors (Lipinski definition) is 5. The number of para-hydroxylation sites is 2. The highest BCUT2D eigenvalue weighted by Crippen LogP contribution is 2.36. The van der Waals surface area contributed by atoms with E-state index in [1.807, 2.05) is 24.3 Å². The molecule has 29 heavy (non-hydrogen) atoms. The van der Waals surface area contributed by atoms with Gasteiger partial charge in [0.15, 0.2) is 23.0 Å². The smallest absolute Gasteiger partial charge is 0.255 e. The molecule has 0 unspecified atom stereocenters. The summed E-state index contributed by atoms with van der Waals surface area (Å²) in [6.45, 7) is 0. The lowest BCUT2D eigenvalue weighted by Crippen LogP contribution is -2.12. The van der Waals surface area contributed by atoms with E-state index in [4.69, 9.17) is 18.9 Å². The van der Waals surface area contributed by atoms with Gasteiger partial charge in [0, 0.05) is 11.3 Å². The Balaban J connectivity index is 1.73. The molecular formula is C22H20BrNO5. The number of halogens is 1. The van der Waals surface area contributed by atoms with Crippen LogP contribution in [0.15, 0.2) is 65.1 Å². The fraction of sp³-hybridized carbons (Fsp3) is 0.136. The number of carbonyl (C=O) groups is 1. The van der Waals surface area contributed by atoms with E-state index in [0.717, 1.165) is 0 Å². The van der Waals surface area contributed by atoms with Crippen molar-refractivity contribution in [3.8, 4) is 28.7 Å². The Morgan fingerprint density at radius 2 is 1.48 bits per heavy atom. The fourth-order valence-corrected chi connectivity index (χ4v) is 3.29. The van der Waals surface area contributed by atoms with Crippen molar-refractivity contribution >= 4 is 27.5 Å². The van der Waals surface area contributed by atoms with Crippen LogP contribution in [0, 0.1) is 0 Å². The summed E-state index contributed by atoms with van der Waals surface area (Å²) in [6.07, 6.45) is 0. The van der Waals surface area contributed by atoms with Crippen LogP contribution in [0.3, 0.4) is 0 Å². The minimum atomic E-state index is -0.273. The molecule has 7 heteroatoms. The van der Waals surface area contributed by atoms with Gasteiger partial charge in [0.2, 0.25) is 0 Å². The first-order valence-electron chi connectivity index (χ1n) is 8.69. The molecule has 0 aliphatic heterocycles. The van der Waals surface area contributed by atoms with Crippen molar-refractivity contribution in [1.82, 2.24) is 0 Å². The molecule has 0 spiro atoms. The lowest BCUT2D eigenvalue weighted by atomic mass is 10.1. The standard InChI is InChI=1S/C22H20BrNO5/c1-26-18-6-4-5-7-19(18)29-16-10-8-15(9-11-16)24-22(25)14-12-17(23)21(28-3)20(13-14)27-2/h4-13H,1-3H3,(H,24,25). The summed E-state index contributed by atoms with van der Waals surface area (Å²) in [7, 11) is 4.65. The van der Waals surface area contributed by atoms with Gasteiger partial charge in [-0.25, -0.2) is 0 Å². The van der Waals surface area contributed by atoms with Crippen LogP contribution in [0.1, 0.15) is 10.4 Å². The van der Waals surface area contributed by atoms with E-state index < -0.39 is 0 Å². The van der Waals surface area contributed by atoms with E-state index in [1.165, 1.54) is 14.2 Å². The van der Waals surface area contributed by atoms with Gasteiger partial charge in [-0.2, -0.15) is 0 Å². The monoisotopic (exact) mass is 457 g/mol. The Morgan fingerprint density at radius 1 is 0.828 bits per heavy atom. The molecule has 0 radical (unpaired) electrons. The second-order valence-corrected chi connectivity index (χ2v) is 6.78. The van der Waals surface area contributed by atoms with Gasteiger partial charge in [0.25, 0.3) is 5.91 Å². The Morgan fingerprint density at radius 3 is 2.10 bits per heavy atom. The lowest BCUT2D eigenvalue weighted by molar-refractivity contribution is 0.102. The molecule has 0 bridgehead atoms. The Hall–Kier alpha value is -3.19. The van der Waals surface area contributed by atoms with Crippen molar-refractivity contribution in [3.05, 3.63) is 70.7 Å². The zero-order chi connectivity index (χ0) is 20.8. The molecule has 0 saturated carbocycles. The molecular weight excluding hydrogens is 438 g/mol. The summed E-state index contributed by atoms with van der Waals surface area (Å²) in [4.78, 5) is 12.6. The first-order valence-corrected chi connectivity index (χ1v) is 9.48. The van der Waals surface area contributed by atoms with Crippen LogP contribution in [0.2, 0.25) is 0 Å². The largest absolute Gasteiger partial charge is 0.493 e. The number of anilines is 1. The number of amides is 1. The van der Waals surface area contributed by atoms with Gasteiger partial charge >= 0.3 is 0 Å². The van der Waals surface area contributed by atoms with Gasteiger partial charge < -0.3 is 24.3 Å². The first kappa shape index (κ1) is 20.5. The molecule has 0 fully saturated rings. The van der Waals surface area contributed by atoms with Crippen LogP contribution in [-0.4, -0.2) is 27.2 Å². The molecule has 0 heterocycles. The van der Waals surface area contributed by atoms with Gasteiger partial charge in [-0.15, -0.1) is 0 Å². The zero-order valence-corrected chi connectivity index (χ0v) is 17.8. The van der Waals surface area contributed by atoms with Gasteiger partial charge in [-0.3, -0.25) is 4.79 Å². The van der Waals surface area contributed by atoms with E-state index in [0.29, 0.717) is 44.5 Å². The molecule has 3 aromatic carbocycles. The highest BCUT2D eigenvalue weighted by molar-refractivity contribution is 9.10. The average molecular weight is 458 g/mol.